The molecule has 0 aliphatic heterocycles. The van der Waals surface area contributed by atoms with E-state index < -0.39 is 38.7 Å². The van der Waals surface area contributed by atoms with Crippen molar-refractivity contribution in [2.75, 3.05) is 0 Å². The van der Waals surface area contributed by atoms with E-state index in [2.05, 4.69) is 10.0 Å². The maximum Gasteiger partial charge on any atom is 0.251 e. The predicted octanol–water partition coefficient (Wildman–Crippen LogP) is 2.90. The molecule has 0 saturated heterocycles. The number of benzene rings is 1. The SMILES string of the molecule is Cc1ccc(C(C)NC(=O)c2ccc(F)c(S(=O)(=O)NC(C)C)c2)o1. The van der Waals surface area contributed by atoms with Crippen molar-refractivity contribution in [1.82, 2.24) is 10.0 Å². The second-order valence-corrected chi connectivity index (χ2v) is 7.75. The molecule has 1 amide bonds. The molecular formula is C17H21FN2O4S. The second-order valence-electron chi connectivity index (χ2n) is 6.06. The molecule has 2 aromatic rings. The zero-order valence-electron chi connectivity index (χ0n) is 14.5. The number of hydrogen-bond acceptors (Lipinski definition) is 4. The van der Waals surface area contributed by atoms with Gasteiger partial charge in [-0.2, -0.15) is 0 Å². The van der Waals surface area contributed by atoms with Crippen LogP contribution in [0.3, 0.4) is 0 Å². The van der Waals surface area contributed by atoms with Gasteiger partial charge in [-0.05, 0) is 58.0 Å². The Hall–Kier alpha value is -2.19. The normalized spacial score (nSPS) is 13.0. The topological polar surface area (TPSA) is 88.4 Å². The van der Waals surface area contributed by atoms with Crippen LogP contribution in [-0.4, -0.2) is 20.4 Å². The smallest absolute Gasteiger partial charge is 0.251 e. The van der Waals surface area contributed by atoms with Crippen LogP contribution in [0.5, 0.6) is 0 Å². The molecule has 0 radical (unpaired) electrons. The largest absolute Gasteiger partial charge is 0.464 e. The first-order chi connectivity index (χ1) is 11.6. The number of nitrogens with one attached hydrogen (secondary N) is 2. The van der Waals surface area contributed by atoms with Gasteiger partial charge in [-0.1, -0.05) is 0 Å². The Labute approximate surface area is 146 Å². The Bertz CT molecular complexity index is 875. The van der Waals surface area contributed by atoms with Gasteiger partial charge >= 0.3 is 0 Å². The fourth-order valence-electron chi connectivity index (χ4n) is 2.26. The van der Waals surface area contributed by atoms with Gasteiger partial charge < -0.3 is 9.73 Å². The Morgan fingerprint density at radius 3 is 2.40 bits per heavy atom. The number of carbonyl (C=O) groups excluding carboxylic acids is 1. The van der Waals surface area contributed by atoms with E-state index in [0.717, 1.165) is 12.1 Å². The van der Waals surface area contributed by atoms with Crippen LogP contribution in [-0.2, 0) is 10.0 Å². The van der Waals surface area contributed by atoms with Gasteiger partial charge in [-0.3, -0.25) is 4.79 Å². The lowest BCUT2D eigenvalue weighted by molar-refractivity contribution is 0.0935. The molecule has 0 bridgehead atoms. The van der Waals surface area contributed by atoms with Crippen molar-refractivity contribution >= 4 is 15.9 Å². The molecule has 8 heteroatoms. The summed E-state index contributed by atoms with van der Waals surface area (Å²) in [7, 11) is -4.05. The lowest BCUT2D eigenvalue weighted by Gasteiger charge is -2.14. The molecule has 1 unspecified atom stereocenters. The summed E-state index contributed by atoms with van der Waals surface area (Å²) < 4.78 is 46.1. The first-order valence-corrected chi connectivity index (χ1v) is 9.27. The van der Waals surface area contributed by atoms with Crippen LogP contribution in [0.1, 0.15) is 48.7 Å². The molecule has 0 saturated carbocycles. The van der Waals surface area contributed by atoms with Crippen molar-refractivity contribution in [3.05, 3.63) is 53.2 Å². The molecule has 0 fully saturated rings. The number of furan rings is 1. The lowest BCUT2D eigenvalue weighted by atomic mass is 10.2. The molecule has 136 valence electrons. The summed E-state index contributed by atoms with van der Waals surface area (Å²) in [6.45, 7) is 6.77. The molecule has 0 aliphatic carbocycles. The molecule has 1 heterocycles. The highest BCUT2D eigenvalue weighted by Gasteiger charge is 2.23. The van der Waals surface area contributed by atoms with Crippen molar-refractivity contribution in [3.63, 3.8) is 0 Å². The molecular weight excluding hydrogens is 347 g/mol. The van der Waals surface area contributed by atoms with Gasteiger partial charge in [0.25, 0.3) is 5.91 Å². The van der Waals surface area contributed by atoms with Crippen molar-refractivity contribution in [3.8, 4) is 0 Å². The standard InChI is InChI=1S/C17H21FN2O4S/c1-10(2)20-25(22,23)16-9-13(6-7-14(16)18)17(21)19-12(4)15-8-5-11(3)24-15/h5-10,12,20H,1-4H3,(H,19,21). The molecule has 1 atom stereocenters. The fraction of sp³-hybridized carbons (Fsp3) is 0.353. The average molecular weight is 368 g/mol. The van der Waals surface area contributed by atoms with E-state index in [1.165, 1.54) is 6.07 Å². The van der Waals surface area contributed by atoms with Crippen molar-refractivity contribution in [1.29, 1.82) is 0 Å². The zero-order valence-corrected chi connectivity index (χ0v) is 15.3. The monoisotopic (exact) mass is 368 g/mol. The number of carbonyl (C=O) groups is 1. The summed E-state index contributed by atoms with van der Waals surface area (Å²) in [6, 6.07) is 5.93. The van der Waals surface area contributed by atoms with Gasteiger partial charge in [0.05, 0.1) is 6.04 Å². The Balaban J connectivity index is 2.25. The predicted molar refractivity (Wildman–Crippen MR) is 91.2 cm³/mol. The number of rotatable bonds is 6. The van der Waals surface area contributed by atoms with Gasteiger partial charge in [0.2, 0.25) is 10.0 Å². The molecule has 0 spiro atoms. The highest BCUT2D eigenvalue weighted by Crippen LogP contribution is 2.19. The number of hydrogen-bond donors (Lipinski definition) is 2. The van der Waals surface area contributed by atoms with Crippen molar-refractivity contribution in [2.45, 2.75) is 44.7 Å². The quantitative estimate of drug-likeness (QED) is 0.821. The zero-order chi connectivity index (χ0) is 18.8. The fourth-order valence-corrected chi connectivity index (χ4v) is 3.62. The third-order valence-corrected chi connectivity index (χ3v) is 5.08. The second kappa shape index (κ2) is 7.37. The maximum absolute atomic E-state index is 13.9. The van der Waals surface area contributed by atoms with E-state index in [-0.39, 0.29) is 5.56 Å². The van der Waals surface area contributed by atoms with E-state index >= 15 is 0 Å². The lowest BCUT2D eigenvalue weighted by Crippen LogP contribution is -2.31. The number of halogens is 1. The summed E-state index contributed by atoms with van der Waals surface area (Å²) in [5, 5.41) is 2.69. The van der Waals surface area contributed by atoms with E-state index in [9.17, 15) is 17.6 Å². The van der Waals surface area contributed by atoms with Crippen LogP contribution in [0.4, 0.5) is 4.39 Å². The molecule has 2 N–H and O–H groups in total. The summed E-state index contributed by atoms with van der Waals surface area (Å²) in [4.78, 5) is 11.8. The first kappa shape index (κ1) is 19.1. The minimum atomic E-state index is -4.05. The van der Waals surface area contributed by atoms with Crippen LogP contribution >= 0.6 is 0 Å². The van der Waals surface area contributed by atoms with Crippen LogP contribution in [0.25, 0.3) is 0 Å². The Morgan fingerprint density at radius 2 is 1.84 bits per heavy atom. The Kier molecular flexibility index (Phi) is 5.64. The highest BCUT2D eigenvalue weighted by atomic mass is 32.2. The first-order valence-electron chi connectivity index (χ1n) is 7.79. The summed E-state index contributed by atoms with van der Waals surface area (Å²) in [5.74, 6) is -0.157. The van der Waals surface area contributed by atoms with E-state index in [1.807, 2.05) is 0 Å². The van der Waals surface area contributed by atoms with Gasteiger partial charge in [0, 0.05) is 11.6 Å². The molecule has 6 nitrogen and oxygen atoms in total. The van der Waals surface area contributed by atoms with E-state index in [1.54, 1.807) is 39.8 Å². The number of sulfonamides is 1. The molecule has 1 aromatic carbocycles. The molecule has 2 rings (SSSR count). The maximum atomic E-state index is 13.9. The van der Waals surface area contributed by atoms with Gasteiger partial charge in [0.1, 0.15) is 22.2 Å². The summed E-state index contributed by atoms with van der Waals surface area (Å²) in [5.41, 5.74) is 0.0423. The number of amides is 1. The highest BCUT2D eigenvalue weighted by molar-refractivity contribution is 7.89. The van der Waals surface area contributed by atoms with Gasteiger partial charge in [0.15, 0.2) is 0 Å². The van der Waals surface area contributed by atoms with E-state index in [0.29, 0.717) is 11.5 Å². The number of aryl methyl sites for hydroxylation is 1. The molecule has 1 aromatic heterocycles. The van der Waals surface area contributed by atoms with Crippen LogP contribution < -0.4 is 10.0 Å². The summed E-state index contributed by atoms with van der Waals surface area (Å²) in [6.07, 6.45) is 0. The van der Waals surface area contributed by atoms with Crippen molar-refractivity contribution < 1.29 is 22.0 Å². The minimum absolute atomic E-state index is 0.0423. The van der Waals surface area contributed by atoms with Crippen LogP contribution in [0, 0.1) is 12.7 Å². The molecule has 0 aliphatic rings. The summed E-state index contributed by atoms with van der Waals surface area (Å²) >= 11 is 0. The van der Waals surface area contributed by atoms with Crippen molar-refractivity contribution in [2.24, 2.45) is 0 Å². The van der Waals surface area contributed by atoms with Gasteiger partial charge in [-0.15, -0.1) is 0 Å². The van der Waals surface area contributed by atoms with Crippen LogP contribution in [0.2, 0.25) is 0 Å². The molecule has 25 heavy (non-hydrogen) atoms. The van der Waals surface area contributed by atoms with E-state index in [4.69, 9.17) is 4.42 Å². The van der Waals surface area contributed by atoms with Gasteiger partial charge in [-0.25, -0.2) is 17.5 Å². The Morgan fingerprint density at radius 1 is 1.16 bits per heavy atom. The average Bonchev–Trinajstić information content (AvgIpc) is 2.92. The third kappa shape index (κ3) is 4.67. The van der Waals surface area contributed by atoms with Crippen LogP contribution in [0.15, 0.2) is 39.6 Å². The minimum Gasteiger partial charge on any atom is -0.464 e. The third-order valence-electron chi connectivity index (χ3n) is 3.41.